The van der Waals surface area contributed by atoms with Gasteiger partial charge in [0.05, 0.1) is 11.5 Å². The first-order valence-electron chi connectivity index (χ1n) is 10.5. The van der Waals surface area contributed by atoms with Crippen molar-refractivity contribution in [3.8, 4) is 5.75 Å². The minimum Gasteiger partial charge on any atom is -0.494 e. The fourth-order valence-corrected chi connectivity index (χ4v) is 5.33. The smallest absolute Gasteiger partial charge is 0.241 e. The Hall–Kier alpha value is -2.03. The van der Waals surface area contributed by atoms with Crippen molar-refractivity contribution in [3.63, 3.8) is 0 Å². The molecule has 0 fully saturated rings. The molecule has 3 rings (SSSR count). The van der Waals surface area contributed by atoms with Crippen LogP contribution in [0.1, 0.15) is 30.0 Å². The molecule has 0 bridgehead atoms. The summed E-state index contributed by atoms with van der Waals surface area (Å²) in [6.45, 7) is 5.45. The molecule has 31 heavy (non-hydrogen) atoms. The van der Waals surface area contributed by atoms with Crippen LogP contribution in [0.4, 0.5) is 0 Å². The molecule has 1 aliphatic heterocycles. The predicted octanol–water partition coefficient (Wildman–Crippen LogP) is 3.38. The van der Waals surface area contributed by atoms with Gasteiger partial charge in [0.2, 0.25) is 15.9 Å². The average molecular weight is 463 g/mol. The highest BCUT2D eigenvalue weighted by atomic mass is 32.2. The number of benzene rings is 2. The van der Waals surface area contributed by atoms with Crippen molar-refractivity contribution in [2.75, 3.05) is 25.2 Å². The van der Waals surface area contributed by atoms with Gasteiger partial charge < -0.3 is 9.64 Å². The lowest BCUT2D eigenvalue weighted by atomic mass is 9.98. The van der Waals surface area contributed by atoms with Crippen molar-refractivity contribution < 1.29 is 17.9 Å². The molecule has 0 aromatic heterocycles. The van der Waals surface area contributed by atoms with E-state index in [4.69, 9.17) is 4.74 Å². The minimum absolute atomic E-state index is 0.172. The molecule has 2 aromatic rings. The van der Waals surface area contributed by atoms with E-state index in [9.17, 15) is 13.2 Å². The van der Waals surface area contributed by atoms with Crippen molar-refractivity contribution in [1.82, 2.24) is 9.62 Å². The van der Waals surface area contributed by atoms with Gasteiger partial charge in [0.15, 0.2) is 0 Å². The second-order valence-electron chi connectivity index (χ2n) is 7.64. The number of amides is 1. The largest absolute Gasteiger partial charge is 0.494 e. The highest BCUT2D eigenvalue weighted by Gasteiger charge is 2.31. The Morgan fingerprint density at radius 3 is 2.61 bits per heavy atom. The molecule has 8 heteroatoms. The maximum absolute atomic E-state index is 13.3. The minimum atomic E-state index is -3.79. The Kier molecular flexibility index (Phi) is 8.02. The Balaban J connectivity index is 1.78. The van der Waals surface area contributed by atoms with Crippen LogP contribution in [-0.4, -0.2) is 50.4 Å². The standard InChI is InChI=1S/C23H30N2O4S2/c1-4-29-20-8-7-18-11-13-25(16-19(18)15-20)23(26)22(12-14-30-3)24-31(27,28)21-9-5-17(2)6-10-21/h5-10,15,22,24H,4,11-14,16H2,1-3H3. The summed E-state index contributed by atoms with van der Waals surface area (Å²) in [5.41, 5.74) is 3.23. The van der Waals surface area contributed by atoms with Crippen molar-refractivity contribution in [2.24, 2.45) is 0 Å². The second-order valence-corrected chi connectivity index (χ2v) is 10.3. The molecular weight excluding hydrogens is 432 g/mol. The zero-order chi connectivity index (χ0) is 22.4. The summed E-state index contributed by atoms with van der Waals surface area (Å²) in [5, 5.41) is 0. The van der Waals surface area contributed by atoms with Crippen LogP contribution in [0.3, 0.4) is 0 Å². The van der Waals surface area contributed by atoms with Crippen molar-refractivity contribution in [2.45, 2.75) is 44.2 Å². The van der Waals surface area contributed by atoms with E-state index in [2.05, 4.69) is 4.72 Å². The van der Waals surface area contributed by atoms with Crippen molar-refractivity contribution in [3.05, 3.63) is 59.2 Å². The number of nitrogens with zero attached hydrogens (tertiary/aromatic N) is 1. The third kappa shape index (κ3) is 6.02. The van der Waals surface area contributed by atoms with Crippen molar-refractivity contribution >= 4 is 27.7 Å². The Labute approximate surface area is 189 Å². The Morgan fingerprint density at radius 2 is 1.94 bits per heavy atom. The van der Waals surface area contributed by atoms with E-state index < -0.39 is 16.1 Å². The zero-order valence-electron chi connectivity index (χ0n) is 18.3. The number of rotatable bonds is 9. The molecule has 1 N–H and O–H groups in total. The zero-order valence-corrected chi connectivity index (χ0v) is 19.9. The van der Waals surface area contributed by atoms with Crippen LogP contribution < -0.4 is 9.46 Å². The number of thioether (sulfide) groups is 1. The van der Waals surface area contributed by atoms with Gasteiger partial charge in [-0.25, -0.2) is 8.42 Å². The van der Waals surface area contributed by atoms with E-state index in [1.54, 1.807) is 40.9 Å². The molecule has 168 valence electrons. The summed E-state index contributed by atoms with van der Waals surface area (Å²) in [6.07, 6.45) is 3.13. The van der Waals surface area contributed by atoms with Gasteiger partial charge in [-0.3, -0.25) is 4.79 Å². The van der Waals surface area contributed by atoms with Crippen LogP contribution in [0.25, 0.3) is 0 Å². The maximum atomic E-state index is 13.3. The van der Waals surface area contributed by atoms with Crippen LogP contribution in [0.15, 0.2) is 47.4 Å². The molecule has 1 aliphatic rings. The van der Waals surface area contributed by atoms with Crippen molar-refractivity contribution in [1.29, 1.82) is 0 Å². The van der Waals surface area contributed by atoms with E-state index in [-0.39, 0.29) is 10.8 Å². The number of carbonyl (C=O) groups excluding carboxylic acids is 1. The molecule has 0 saturated carbocycles. The number of hydrogen-bond donors (Lipinski definition) is 1. The van der Waals surface area contributed by atoms with Gasteiger partial charge in [-0.05, 0) is 74.1 Å². The van der Waals surface area contributed by atoms with Gasteiger partial charge in [0, 0.05) is 13.1 Å². The first-order chi connectivity index (χ1) is 14.8. The quantitative estimate of drug-likeness (QED) is 0.618. The van der Waals surface area contributed by atoms with Gasteiger partial charge in [-0.1, -0.05) is 23.8 Å². The Morgan fingerprint density at radius 1 is 1.19 bits per heavy atom. The molecule has 1 heterocycles. The summed E-state index contributed by atoms with van der Waals surface area (Å²) in [5.74, 6) is 1.29. The lowest BCUT2D eigenvalue weighted by Gasteiger charge is -2.32. The summed E-state index contributed by atoms with van der Waals surface area (Å²) in [7, 11) is -3.79. The van der Waals surface area contributed by atoms with Crippen LogP contribution in [0.5, 0.6) is 5.75 Å². The van der Waals surface area contributed by atoms with E-state index >= 15 is 0 Å². The monoisotopic (exact) mass is 462 g/mol. The molecule has 0 saturated heterocycles. The highest BCUT2D eigenvalue weighted by molar-refractivity contribution is 7.98. The van der Waals surface area contributed by atoms with Crippen LogP contribution in [0, 0.1) is 6.92 Å². The number of hydrogen-bond acceptors (Lipinski definition) is 5. The fraction of sp³-hybridized carbons (Fsp3) is 0.435. The number of aryl methyl sites for hydroxylation is 1. The second kappa shape index (κ2) is 10.5. The molecule has 0 spiro atoms. The summed E-state index contributed by atoms with van der Waals surface area (Å²) >= 11 is 1.59. The first kappa shape index (κ1) is 23.6. The topological polar surface area (TPSA) is 75.7 Å². The van der Waals surface area contributed by atoms with Crippen LogP contribution >= 0.6 is 11.8 Å². The molecule has 6 nitrogen and oxygen atoms in total. The van der Waals surface area contributed by atoms with E-state index in [0.717, 1.165) is 23.3 Å². The SMILES string of the molecule is CCOc1ccc2c(c1)CN(C(=O)C(CCSC)NS(=O)(=O)c1ccc(C)cc1)CC2. The maximum Gasteiger partial charge on any atom is 0.241 e. The Bertz CT molecular complexity index is 1010. The normalized spacial score (nSPS) is 14.7. The van der Waals surface area contributed by atoms with E-state index in [1.165, 1.54) is 5.56 Å². The predicted molar refractivity (Wildman–Crippen MR) is 125 cm³/mol. The van der Waals surface area contributed by atoms with Gasteiger partial charge in [-0.15, -0.1) is 0 Å². The lowest BCUT2D eigenvalue weighted by Crippen LogP contribution is -2.50. The number of nitrogens with one attached hydrogen (secondary N) is 1. The van der Waals surface area contributed by atoms with Crippen LogP contribution in [0.2, 0.25) is 0 Å². The number of carbonyl (C=O) groups is 1. The lowest BCUT2D eigenvalue weighted by molar-refractivity contribution is -0.134. The summed E-state index contributed by atoms with van der Waals surface area (Å²) in [6, 6.07) is 11.8. The third-order valence-electron chi connectivity index (χ3n) is 5.35. The van der Waals surface area contributed by atoms with Crippen LogP contribution in [-0.2, 0) is 27.8 Å². The molecular formula is C23H30N2O4S2. The highest BCUT2D eigenvalue weighted by Crippen LogP contribution is 2.25. The molecule has 0 aliphatic carbocycles. The van der Waals surface area contributed by atoms with Gasteiger partial charge in [0.25, 0.3) is 0 Å². The molecule has 1 amide bonds. The summed E-state index contributed by atoms with van der Waals surface area (Å²) < 4.78 is 34.1. The van der Waals surface area contributed by atoms with E-state index in [1.807, 2.05) is 38.3 Å². The van der Waals surface area contributed by atoms with Gasteiger partial charge in [-0.2, -0.15) is 16.5 Å². The molecule has 1 unspecified atom stereocenters. The number of ether oxygens (including phenoxy) is 1. The number of sulfonamides is 1. The third-order valence-corrected chi connectivity index (χ3v) is 7.48. The molecule has 1 atom stereocenters. The summed E-state index contributed by atoms with van der Waals surface area (Å²) in [4.78, 5) is 15.3. The number of fused-ring (bicyclic) bond motifs is 1. The fourth-order valence-electron chi connectivity index (χ4n) is 3.64. The molecule has 2 aromatic carbocycles. The van der Waals surface area contributed by atoms with Gasteiger partial charge >= 0.3 is 0 Å². The molecule has 0 radical (unpaired) electrons. The average Bonchev–Trinajstić information content (AvgIpc) is 2.76. The first-order valence-corrected chi connectivity index (χ1v) is 13.3. The van der Waals surface area contributed by atoms with E-state index in [0.29, 0.717) is 31.9 Å². The van der Waals surface area contributed by atoms with Gasteiger partial charge in [0.1, 0.15) is 11.8 Å².